The van der Waals surface area contributed by atoms with Crippen molar-refractivity contribution in [3.05, 3.63) is 28.3 Å². The molecule has 0 aromatic carbocycles. The summed E-state index contributed by atoms with van der Waals surface area (Å²) in [5.74, 6) is 1.03. The third kappa shape index (κ3) is 2.01. The average Bonchev–Trinajstić information content (AvgIpc) is 2.84. The van der Waals surface area contributed by atoms with Gasteiger partial charge in [0, 0.05) is 17.5 Å². The van der Waals surface area contributed by atoms with Crippen molar-refractivity contribution >= 4 is 17.3 Å². The van der Waals surface area contributed by atoms with Crippen LogP contribution in [0.5, 0.6) is 0 Å². The summed E-state index contributed by atoms with van der Waals surface area (Å²) in [7, 11) is 0. The van der Waals surface area contributed by atoms with Crippen molar-refractivity contribution < 1.29 is 14.3 Å². The van der Waals surface area contributed by atoms with Crippen LogP contribution < -0.4 is 0 Å². The van der Waals surface area contributed by atoms with Crippen LogP contribution in [-0.4, -0.2) is 33.0 Å². The van der Waals surface area contributed by atoms with Crippen molar-refractivity contribution in [2.45, 2.75) is 38.3 Å². The van der Waals surface area contributed by atoms with Crippen LogP contribution in [0.4, 0.5) is 0 Å². The van der Waals surface area contributed by atoms with Crippen molar-refractivity contribution in [3.63, 3.8) is 0 Å². The summed E-state index contributed by atoms with van der Waals surface area (Å²) in [6.07, 6.45) is 2.87. The van der Waals surface area contributed by atoms with Gasteiger partial charge in [-0.15, -0.1) is 0 Å². The molecular formula is C16H18N2O3S. The van der Waals surface area contributed by atoms with Gasteiger partial charge in [0.15, 0.2) is 0 Å². The summed E-state index contributed by atoms with van der Waals surface area (Å²) in [6, 6.07) is 1.98. The van der Waals surface area contributed by atoms with E-state index >= 15 is 0 Å². The van der Waals surface area contributed by atoms with Gasteiger partial charge < -0.3 is 9.52 Å². The molecule has 0 bridgehead atoms. The number of fused-ring (bicyclic) bond motifs is 1. The molecule has 1 saturated carbocycles. The predicted octanol–water partition coefficient (Wildman–Crippen LogP) is 3.15. The van der Waals surface area contributed by atoms with E-state index in [2.05, 4.69) is 9.88 Å². The zero-order chi connectivity index (χ0) is 15.3. The van der Waals surface area contributed by atoms with Crippen LogP contribution >= 0.6 is 11.3 Å². The molecule has 0 radical (unpaired) electrons. The summed E-state index contributed by atoms with van der Waals surface area (Å²) in [5.41, 5.74) is 1.19. The fourth-order valence-electron chi connectivity index (χ4n) is 3.66. The van der Waals surface area contributed by atoms with Crippen LogP contribution in [0.25, 0.3) is 11.5 Å². The normalized spacial score (nSPS) is 27.6. The van der Waals surface area contributed by atoms with Gasteiger partial charge in [0.05, 0.1) is 5.69 Å². The third-order valence-corrected chi connectivity index (χ3v) is 5.67. The topological polar surface area (TPSA) is 66.6 Å². The minimum absolute atomic E-state index is 0.308. The van der Waals surface area contributed by atoms with Gasteiger partial charge in [0.1, 0.15) is 11.3 Å². The molecule has 2 atom stereocenters. The predicted molar refractivity (Wildman–Crippen MR) is 82.7 cm³/mol. The Morgan fingerprint density at radius 3 is 3.23 bits per heavy atom. The first-order valence-corrected chi connectivity index (χ1v) is 8.53. The van der Waals surface area contributed by atoms with Crippen LogP contribution in [0.1, 0.15) is 30.7 Å². The van der Waals surface area contributed by atoms with E-state index in [1.807, 2.05) is 23.8 Å². The van der Waals surface area contributed by atoms with Crippen molar-refractivity contribution in [1.82, 2.24) is 9.88 Å². The summed E-state index contributed by atoms with van der Waals surface area (Å²) >= 11 is 1.61. The molecule has 1 N–H and O–H groups in total. The maximum absolute atomic E-state index is 11.7. The van der Waals surface area contributed by atoms with Crippen LogP contribution in [0.3, 0.4) is 0 Å². The Morgan fingerprint density at radius 2 is 2.50 bits per heavy atom. The Kier molecular flexibility index (Phi) is 3.13. The molecule has 1 aliphatic heterocycles. The number of aryl methyl sites for hydroxylation is 1. The monoisotopic (exact) mass is 318 g/mol. The van der Waals surface area contributed by atoms with E-state index < -0.39 is 11.5 Å². The van der Waals surface area contributed by atoms with Gasteiger partial charge in [-0.3, -0.25) is 9.69 Å². The SMILES string of the molecule is Cc1oc(-c2ccsc2)nc1CN1CCC[C@@H]2C[C@@]21C(=O)O. The average molecular weight is 318 g/mol. The number of hydrogen-bond acceptors (Lipinski definition) is 5. The smallest absolute Gasteiger partial charge is 0.324 e. The number of carboxylic acid groups (broad SMARTS) is 1. The van der Waals surface area contributed by atoms with Crippen molar-refractivity contribution in [2.75, 3.05) is 6.54 Å². The third-order valence-electron chi connectivity index (χ3n) is 4.99. The van der Waals surface area contributed by atoms with Gasteiger partial charge in [-0.05, 0) is 50.1 Å². The molecule has 2 aliphatic rings. The molecule has 2 aromatic heterocycles. The number of likely N-dealkylation sites (tertiary alicyclic amines) is 1. The zero-order valence-electron chi connectivity index (χ0n) is 12.4. The molecule has 3 heterocycles. The Bertz CT molecular complexity index is 709. The van der Waals surface area contributed by atoms with E-state index in [1.165, 1.54) is 0 Å². The van der Waals surface area contributed by atoms with E-state index in [0.717, 1.165) is 42.8 Å². The lowest BCUT2D eigenvalue weighted by atomic mass is 10.0. The molecule has 116 valence electrons. The number of hydrogen-bond donors (Lipinski definition) is 1. The highest BCUT2D eigenvalue weighted by Gasteiger charge is 2.65. The highest BCUT2D eigenvalue weighted by molar-refractivity contribution is 7.08. The quantitative estimate of drug-likeness (QED) is 0.938. The van der Waals surface area contributed by atoms with E-state index in [1.54, 1.807) is 11.3 Å². The largest absolute Gasteiger partial charge is 0.480 e. The molecule has 5 nitrogen and oxygen atoms in total. The fourth-order valence-corrected chi connectivity index (χ4v) is 4.29. The van der Waals surface area contributed by atoms with E-state index in [4.69, 9.17) is 4.42 Å². The minimum atomic E-state index is -0.684. The second kappa shape index (κ2) is 4.93. The molecule has 0 unspecified atom stereocenters. The number of rotatable bonds is 4. The van der Waals surface area contributed by atoms with Gasteiger partial charge in [-0.1, -0.05) is 0 Å². The fraction of sp³-hybridized carbons (Fsp3) is 0.500. The summed E-state index contributed by atoms with van der Waals surface area (Å²) in [6.45, 7) is 3.28. The van der Waals surface area contributed by atoms with Crippen LogP contribution in [0.15, 0.2) is 21.2 Å². The highest BCUT2D eigenvalue weighted by atomic mass is 32.1. The molecule has 1 saturated heterocycles. The molecule has 2 fully saturated rings. The number of carbonyl (C=O) groups is 1. The molecule has 22 heavy (non-hydrogen) atoms. The summed E-state index contributed by atoms with van der Waals surface area (Å²) in [4.78, 5) is 18.4. The van der Waals surface area contributed by atoms with E-state index in [-0.39, 0.29) is 0 Å². The number of aliphatic carboxylic acids is 1. The standard InChI is InChI=1S/C16H18N2O3S/c1-10-13(17-14(21-10)11-4-6-22-9-11)8-18-5-2-3-12-7-16(12,18)15(19)20/h4,6,9,12H,2-3,5,7-8H2,1H3,(H,19,20)/t12-,16+/m1/s1. The lowest BCUT2D eigenvalue weighted by Crippen LogP contribution is -2.47. The zero-order valence-corrected chi connectivity index (χ0v) is 13.2. The Hall–Kier alpha value is -1.66. The number of nitrogens with zero attached hydrogens (tertiary/aromatic N) is 2. The van der Waals surface area contributed by atoms with Gasteiger partial charge in [-0.2, -0.15) is 11.3 Å². The number of carboxylic acids is 1. The molecular weight excluding hydrogens is 300 g/mol. The molecule has 2 aromatic rings. The molecule has 0 amide bonds. The maximum atomic E-state index is 11.7. The number of oxazole rings is 1. The van der Waals surface area contributed by atoms with Crippen LogP contribution in [0.2, 0.25) is 0 Å². The van der Waals surface area contributed by atoms with Gasteiger partial charge in [0.25, 0.3) is 0 Å². The lowest BCUT2D eigenvalue weighted by molar-refractivity contribution is -0.147. The Labute approximate surface area is 132 Å². The van der Waals surface area contributed by atoms with E-state index in [9.17, 15) is 9.90 Å². The summed E-state index contributed by atoms with van der Waals surface area (Å²) < 4.78 is 5.76. The molecule has 4 rings (SSSR count). The van der Waals surface area contributed by atoms with Crippen molar-refractivity contribution in [2.24, 2.45) is 5.92 Å². The number of piperidine rings is 1. The molecule has 1 aliphatic carbocycles. The van der Waals surface area contributed by atoms with E-state index in [0.29, 0.717) is 18.4 Å². The van der Waals surface area contributed by atoms with Gasteiger partial charge in [-0.25, -0.2) is 4.98 Å². The first-order valence-electron chi connectivity index (χ1n) is 7.58. The molecule has 0 spiro atoms. The van der Waals surface area contributed by atoms with Crippen molar-refractivity contribution in [3.8, 4) is 11.5 Å². The number of thiophene rings is 1. The van der Waals surface area contributed by atoms with Gasteiger partial charge in [0.2, 0.25) is 5.89 Å². The first-order chi connectivity index (χ1) is 10.6. The molecule has 6 heteroatoms. The highest BCUT2D eigenvalue weighted by Crippen LogP contribution is 2.54. The lowest BCUT2D eigenvalue weighted by Gasteiger charge is -2.32. The Balaban J connectivity index is 1.60. The van der Waals surface area contributed by atoms with Crippen LogP contribution in [-0.2, 0) is 11.3 Å². The first kappa shape index (κ1) is 14.0. The second-order valence-electron chi connectivity index (χ2n) is 6.23. The second-order valence-corrected chi connectivity index (χ2v) is 7.01. The van der Waals surface area contributed by atoms with Gasteiger partial charge >= 0.3 is 5.97 Å². The minimum Gasteiger partial charge on any atom is -0.480 e. The van der Waals surface area contributed by atoms with Crippen LogP contribution in [0, 0.1) is 12.8 Å². The van der Waals surface area contributed by atoms with Crippen molar-refractivity contribution in [1.29, 1.82) is 0 Å². The summed E-state index contributed by atoms with van der Waals surface area (Å²) in [5, 5.41) is 13.6. The number of aromatic nitrogens is 1. The maximum Gasteiger partial charge on any atom is 0.324 e. The Morgan fingerprint density at radius 1 is 1.64 bits per heavy atom.